The van der Waals surface area contributed by atoms with E-state index < -0.39 is 109 Å². The number of nitrogens with two attached hydrogens (primary N) is 1. The van der Waals surface area contributed by atoms with Crippen molar-refractivity contribution in [3.8, 4) is 28.9 Å². The lowest BCUT2D eigenvalue weighted by Gasteiger charge is -2.28. The lowest BCUT2D eigenvalue weighted by atomic mass is 10.0. The number of ether oxygens (including phenoxy) is 4. The van der Waals surface area contributed by atoms with E-state index in [1.807, 2.05) is 26.0 Å². The number of phosphoric ester groups is 1. The highest BCUT2D eigenvalue weighted by molar-refractivity contribution is 7.66. The fourth-order valence-electron chi connectivity index (χ4n) is 10.8. The maximum absolute atomic E-state index is 14.4. The summed E-state index contributed by atoms with van der Waals surface area (Å²) < 4.78 is 82.2. The molecule has 109 heavy (non-hydrogen) atoms. The van der Waals surface area contributed by atoms with Crippen molar-refractivity contribution in [2.45, 2.75) is 102 Å². The number of benzene rings is 3. The average molecular weight is 1570 g/mol. The Bertz CT molecular complexity index is 4910. The minimum Gasteiger partial charge on any atom is -0.491 e. The van der Waals surface area contributed by atoms with Gasteiger partial charge in [-0.1, -0.05) is 103 Å². The van der Waals surface area contributed by atoms with Crippen LogP contribution in [0.3, 0.4) is 0 Å². The molecular formula is C68H77N14O24P3. The molecule has 1 aliphatic carbocycles. The highest BCUT2D eigenvalue weighted by Gasteiger charge is 2.44. The molecule has 3 aromatic carbocycles. The third-order valence-electron chi connectivity index (χ3n) is 16.0. The molecule has 7 atom stereocenters. The first kappa shape index (κ1) is 84.0. The zero-order valence-electron chi connectivity index (χ0n) is 58.6. The van der Waals surface area contributed by atoms with Gasteiger partial charge in [-0.2, -0.15) is 13.6 Å². The number of carbonyl (C=O) groups excluding carboxylic acids is 6. The summed E-state index contributed by atoms with van der Waals surface area (Å²) in [6.07, 6.45) is 11.3. The summed E-state index contributed by atoms with van der Waals surface area (Å²) in [6.45, 7) is 1.42. The van der Waals surface area contributed by atoms with Gasteiger partial charge in [0.2, 0.25) is 17.7 Å². The molecular weight excluding hydrogens is 1490 g/mol. The maximum atomic E-state index is 14.4. The van der Waals surface area contributed by atoms with Gasteiger partial charge in [-0.15, -0.1) is 0 Å². The Morgan fingerprint density at radius 2 is 1.58 bits per heavy atom. The Morgan fingerprint density at radius 3 is 2.36 bits per heavy atom. The largest absolute Gasteiger partial charge is 0.491 e. The molecule has 7 unspecified atom stereocenters. The van der Waals surface area contributed by atoms with E-state index in [0.29, 0.717) is 84.7 Å². The van der Waals surface area contributed by atoms with E-state index in [0.717, 1.165) is 16.3 Å². The van der Waals surface area contributed by atoms with E-state index in [-0.39, 0.29) is 91.2 Å². The molecule has 0 bridgehead atoms. The minimum atomic E-state index is -5.87. The molecule has 1 aliphatic heterocycles. The Morgan fingerprint density at radius 1 is 0.817 bits per heavy atom. The molecule has 3 aromatic heterocycles. The molecule has 0 radical (unpaired) electrons. The van der Waals surface area contributed by atoms with Crippen LogP contribution in [0.4, 0.5) is 5.82 Å². The number of ketones is 1. The number of azide groups is 2. The summed E-state index contributed by atoms with van der Waals surface area (Å²) in [7, 11) is -17.2. The zero-order chi connectivity index (χ0) is 78.7. The van der Waals surface area contributed by atoms with Crippen molar-refractivity contribution in [2.24, 2.45) is 10.2 Å². The third-order valence-corrected chi connectivity index (χ3v) is 19.8. The predicted molar refractivity (Wildman–Crippen MR) is 390 cm³/mol. The lowest BCUT2D eigenvalue weighted by Crippen LogP contribution is -2.54. The highest BCUT2D eigenvalue weighted by atomic mass is 31.3. The van der Waals surface area contributed by atoms with Crippen LogP contribution in [-0.4, -0.2) is 153 Å². The summed E-state index contributed by atoms with van der Waals surface area (Å²) >= 11 is 0. The summed E-state index contributed by atoms with van der Waals surface area (Å²) in [5, 5.41) is 19.0. The molecule has 4 heterocycles. The third kappa shape index (κ3) is 26.6. The van der Waals surface area contributed by atoms with Crippen LogP contribution >= 0.6 is 23.5 Å². The molecule has 0 spiro atoms. The maximum Gasteiger partial charge on any atom is 0.490 e. The van der Waals surface area contributed by atoms with E-state index in [9.17, 15) is 67.4 Å². The first-order valence-electron chi connectivity index (χ1n) is 33.7. The number of Topliss-reactive ketones (excluding diaryl/α,β-unsaturated/α-hetero) is 1. The van der Waals surface area contributed by atoms with E-state index in [1.54, 1.807) is 96.0 Å². The molecule has 6 aromatic rings. The second-order valence-electron chi connectivity index (χ2n) is 24.1. The van der Waals surface area contributed by atoms with Gasteiger partial charge in [-0.3, -0.25) is 37.9 Å². The lowest BCUT2D eigenvalue weighted by molar-refractivity contribution is -0.134. The van der Waals surface area contributed by atoms with Crippen LogP contribution < -0.4 is 43.1 Å². The topological polar surface area (TPSA) is 552 Å². The zero-order valence-corrected chi connectivity index (χ0v) is 61.2. The van der Waals surface area contributed by atoms with E-state index in [2.05, 4.69) is 71.3 Å². The number of amides is 5. The van der Waals surface area contributed by atoms with Gasteiger partial charge >= 0.3 is 34.8 Å². The number of fused-ring (bicyclic) bond motifs is 2. The standard InChI is InChI=1S/C68H77N14O24P3/c1-3-29-81(66(88)52(37-74-64(86)44-16-9-5-4-6-10-17-44)76-65(87)48-26-25-47-34-56(102-55(47)35-48)51-33-46-24-23-43(2)31-54(46)104-67(51)89)30-15-22-59(84)72-27-12-8-7-11-21-53(83)45-18-13-20-50(32-45)98-41-61(78-80-71)99-40-60(85)73-28-14-19-49-38-82(68(90)77-63(49)69)62-36-57(100-42-75-79-70)58(103-62)39-101-108(94,95)106-109(96,97)105-107(91,92)93/h4-6,9-10,13,16-18,20,23-26,31-35,38,52,57-58,61-62H,3,7-8,11-12,15,21-22,27-30,36-37,39-42H2,1-2H3,(H,72,84)(H,73,85)(H,74,86)(H,76,87)(H,94,95)(H,96,97)(H2,69,77,90)(H2,91,92,93)/b5-4-,6-4?,9-5?,10-6-,16-9?,17-10?,44-16?,44-17?. The van der Waals surface area contributed by atoms with Crippen molar-refractivity contribution in [2.75, 3.05) is 65.0 Å². The van der Waals surface area contributed by atoms with Gasteiger partial charge in [-0.05, 0) is 104 Å². The number of furan rings is 1. The van der Waals surface area contributed by atoms with Crippen LogP contribution in [0.25, 0.3) is 54.1 Å². The molecule has 2 aliphatic rings. The van der Waals surface area contributed by atoms with Gasteiger partial charge in [0.15, 0.2) is 12.0 Å². The Balaban J connectivity index is 0.742. The van der Waals surface area contributed by atoms with Crippen molar-refractivity contribution in [3.63, 3.8) is 0 Å². The molecule has 38 nitrogen and oxygen atoms in total. The Labute approximate surface area is 620 Å². The number of anilines is 1. The molecule has 41 heteroatoms. The normalized spacial score (nSPS) is 16.9. The number of aromatic nitrogens is 2. The molecule has 1 fully saturated rings. The van der Waals surface area contributed by atoms with Crippen LogP contribution in [0.2, 0.25) is 0 Å². The number of hydrogen-bond acceptors (Lipinski definition) is 24. The predicted octanol–water partition coefficient (Wildman–Crippen LogP) is 7.93. The molecule has 0 saturated carbocycles. The Kier molecular flexibility index (Phi) is 31.2. The number of unbranched alkanes of at least 4 members (excludes halogenated alkanes) is 3. The summed E-state index contributed by atoms with van der Waals surface area (Å²) in [5.74, 6) is 2.67. The van der Waals surface area contributed by atoms with E-state index in [1.165, 1.54) is 12.1 Å². The van der Waals surface area contributed by atoms with Crippen molar-refractivity contribution in [3.05, 3.63) is 191 Å². The van der Waals surface area contributed by atoms with Gasteiger partial charge in [0, 0.05) is 88.9 Å². The first-order chi connectivity index (χ1) is 52.1. The van der Waals surface area contributed by atoms with Gasteiger partial charge in [0.05, 0.1) is 24.8 Å². The number of phosphoric acid groups is 3. The fraction of sp³-hybridized carbons (Fsp3) is 0.368. The number of aryl methyl sites for hydroxylation is 1. The van der Waals surface area contributed by atoms with Gasteiger partial charge in [-0.25, -0.2) is 23.3 Å². The molecule has 8 rings (SSSR count). The van der Waals surface area contributed by atoms with Crippen molar-refractivity contribution < 1.29 is 103 Å². The van der Waals surface area contributed by atoms with Crippen molar-refractivity contribution in [1.29, 1.82) is 0 Å². The van der Waals surface area contributed by atoms with Crippen LogP contribution in [0, 0.1) is 18.8 Å². The van der Waals surface area contributed by atoms with Crippen molar-refractivity contribution >= 4 is 86.5 Å². The number of hydrogen-bond donors (Lipinski definition) is 9. The monoisotopic (exact) mass is 1570 g/mol. The second-order valence-corrected chi connectivity index (χ2v) is 28.6. The number of nitrogens with one attached hydrogen (secondary N) is 4. The number of rotatable bonds is 40. The molecule has 5 amide bonds. The van der Waals surface area contributed by atoms with E-state index in [4.69, 9.17) is 48.8 Å². The first-order valence-corrected chi connectivity index (χ1v) is 38.2. The second kappa shape index (κ2) is 40.5. The number of nitrogen functional groups attached to an aromatic ring is 1. The SMILES string of the molecule is CCCN(CCCC(=O)NCCCCCCC(=O)c1cccc(OCC(N=[N+]=[N-])OCC(=O)NCC#Cc2cn(C3CC(OCN=[N+]=[N-])C(COP(=O)(O)OP(=O)(O)OP(=O)(O)O)O3)c(=O)nc2N)c1)C(=O)C(CNC(=O)C1=C/C=C\C=C/C=C1)NC(=O)c1ccc2cc(-c3cc4ccc(C)cc4oc3=O)oc2c1. The molecule has 10 N–H and O–H groups in total. The quantitative estimate of drug-likeness (QED) is 0.00257. The van der Waals surface area contributed by atoms with Crippen LogP contribution in [0.15, 0.2) is 156 Å². The van der Waals surface area contributed by atoms with Gasteiger partial charge in [0.1, 0.15) is 72.4 Å². The summed E-state index contributed by atoms with van der Waals surface area (Å²) in [4.78, 5) is 155. The number of carbonyl (C=O) groups is 6. The smallest absolute Gasteiger partial charge is 0.490 e. The van der Waals surface area contributed by atoms with E-state index >= 15 is 0 Å². The Hall–Kier alpha value is -10.7. The molecule has 578 valence electrons. The van der Waals surface area contributed by atoms with Crippen LogP contribution in [0.5, 0.6) is 5.75 Å². The highest BCUT2D eigenvalue weighted by Crippen LogP contribution is 2.66. The number of nitrogens with zero attached hydrogens (tertiary/aromatic N) is 9. The fourth-order valence-corrected chi connectivity index (χ4v) is 13.9. The van der Waals surface area contributed by atoms with Crippen LogP contribution in [-0.2, 0) is 60.2 Å². The summed E-state index contributed by atoms with van der Waals surface area (Å²) in [5.41, 5.74) is 24.9. The minimum absolute atomic E-state index is 0.0561. The average Bonchev–Trinajstić information content (AvgIpc) is 1.70. The van der Waals surface area contributed by atoms with Crippen LogP contribution in [0.1, 0.15) is 103 Å². The van der Waals surface area contributed by atoms with Gasteiger partial charge in [0.25, 0.3) is 11.8 Å². The summed E-state index contributed by atoms with van der Waals surface area (Å²) in [6, 6.07) is 18.6. The van der Waals surface area contributed by atoms with Crippen molar-refractivity contribution in [1.82, 2.24) is 35.7 Å². The number of allylic oxidation sites excluding steroid dienone is 6. The van der Waals surface area contributed by atoms with Gasteiger partial charge < -0.3 is 79.3 Å². The molecule has 1 saturated heterocycles.